The lowest BCUT2D eigenvalue weighted by Crippen LogP contribution is -2.26. The summed E-state index contributed by atoms with van der Waals surface area (Å²) < 4.78 is 6.05. The zero-order valence-electron chi connectivity index (χ0n) is 12.8. The highest BCUT2D eigenvalue weighted by Crippen LogP contribution is 2.30. The molecule has 0 bridgehead atoms. The first kappa shape index (κ1) is 15.8. The summed E-state index contributed by atoms with van der Waals surface area (Å²) in [5.41, 5.74) is 1.98. The van der Waals surface area contributed by atoms with E-state index in [0.717, 1.165) is 41.9 Å². The Labute approximate surface area is 126 Å². The largest absolute Gasteiger partial charge is 0.478 e. The minimum absolute atomic E-state index is 0.349. The van der Waals surface area contributed by atoms with E-state index in [4.69, 9.17) is 9.84 Å². The fourth-order valence-electron chi connectivity index (χ4n) is 3.18. The van der Waals surface area contributed by atoms with Gasteiger partial charge < -0.3 is 9.84 Å². The van der Waals surface area contributed by atoms with E-state index in [-0.39, 0.29) is 0 Å². The summed E-state index contributed by atoms with van der Waals surface area (Å²) in [4.78, 5) is 10.5. The van der Waals surface area contributed by atoms with Crippen LogP contribution in [0.2, 0.25) is 0 Å². The van der Waals surface area contributed by atoms with Gasteiger partial charge >= 0.3 is 5.97 Å². The van der Waals surface area contributed by atoms with Gasteiger partial charge in [-0.25, -0.2) is 4.79 Å². The predicted octanol–water partition coefficient (Wildman–Crippen LogP) is 4.13. The maximum atomic E-state index is 10.5. The molecule has 1 aliphatic rings. The number of aliphatic carboxylic acids is 1. The van der Waals surface area contributed by atoms with Crippen LogP contribution >= 0.6 is 0 Å². The molecule has 2 atom stereocenters. The summed E-state index contributed by atoms with van der Waals surface area (Å²) in [6.45, 7) is 5.19. The third kappa shape index (κ3) is 5.35. The summed E-state index contributed by atoms with van der Waals surface area (Å²) in [5.74, 6) is 0.550. The SMILES string of the molecule is CC1CC(C)CC(OCc2cccc(C=CC(=O)O)c2)C1. The van der Waals surface area contributed by atoms with Crippen molar-refractivity contribution >= 4 is 12.0 Å². The minimum Gasteiger partial charge on any atom is -0.478 e. The molecule has 1 aliphatic carbocycles. The number of carboxylic acid groups (broad SMARTS) is 1. The molecule has 0 spiro atoms. The van der Waals surface area contributed by atoms with Crippen LogP contribution in [0, 0.1) is 11.8 Å². The maximum Gasteiger partial charge on any atom is 0.328 e. The van der Waals surface area contributed by atoms with E-state index in [9.17, 15) is 4.79 Å². The maximum absolute atomic E-state index is 10.5. The Morgan fingerprint density at radius 3 is 2.67 bits per heavy atom. The van der Waals surface area contributed by atoms with Gasteiger partial charge in [-0.3, -0.25) is 0 Å². The van der Waals surface area contributed by atoms with Crippen molar-refractivity contribution in [1.29, 1.82) is 0 Å². The van der Waals surface area contributed by atoms with Crippen molar-refractivity contribution in [3.8, 4) is 0 Å². The number of hydrogen-bond acceptors (Lipinski definition) is 2. The standard InChI is InChI=1S/C18H24O3/c1-13-8-14(2)10-17(9-13)21-12-16-5-3-4-15(11-16)6-7-18(19)20/h3-7,11,13-14,17H,8-10,12H2,1-2H3,(H,19,20). The lowest BCUT2D eigenvalue weighted by Gasteiger charge is -2.31. The zero-order valence-corrected chi connectivity index (χ0v) is 12.8. The number of benzene rings is 1. The second kappa shape index (κ2) is 7.41. The van der Waals surface area contributed by atoms with Crippen molar-refractivity contribution < 1.29 is 14.6 Å². The quantitative estimate of drug-likeness (QED) is 0.829. The third-order valence-corrected chi connectivity index (χ3v) is 3.99. The van der Waals surface area contributed by atoms with Gasteiger partial charge in [0, 0.05) is 6.08 Å². The number of carboxylic acids is 1. The topological polar surface area (TPSA) is 46.5 Å². The molecule has 2 unspecified atom stereocenters. The molecule has 0 saturated heterocycles. The fraction of sp³-hybridized carbons (Fsp3) is 0.500. The molecule has 1 aromatic carbocycles. The Morgan fingerprint density at radius 1 is 1.29 bits per heavy atom. The summed E-state index contributed by atoms with van der Waals surface area (Å²) in [6, 6.07) is 7.84. The summed E-state index contributed by atoms with van der Waals surface area (Å²) >= 11 is 0. The average Bonchev–Trinajstić information content (AvgIpc) is 2.42. The van der Waals surface area contributed by atoms with Gasteiger partial charge in [-0.2, -0.15) is 0 Å². The van der Waals surface area contributed by atoms with Crippen LogP contribution in [0.5, 0.6) is 0 Å². The molecule has 3 heteroatoms. The van der Waals surface area contributed by atoms with Gasteiger partial charge in [-0.05, 0) is 54.4 Å². The third-order valence-electron chi connectivity index (χ3n) is 3.99. The molecule has 114 valence electrons. The number of hydrogen-bond donors (Lipinski definition) is 1. The first-order valence-electron chi connectivity index (χ1n) is 7.64. The highest BCUT2D eigenvalue weighted by atomic mass is 16.5. The van der Waals surface area contributed by atoms with E-state index in [1.165, 1.54) is 6.42 Å². The molecule has 3 nitrogen and oxygen atoms in total. The lowest BCUT2D eigenvalue weighted by molar-refractivity contribution is -0.131. The van der Waals surface area contributed by atoms with Crippen molar-refractivity contribution in [2.24, 2.45) is 11.8 Å². The molecule has 2 rings (SSSR count). The first-order chi connectivity index (χ1) is 10.0. The summed E-state index contributed by atoms with van der Waals surface area (Å²) in [6.07, 6.45) is 6.70. The lowest BCUT2D eigenvalue weighted by atomic mass is 9.82. The van der Waals surface area contributed by atoms with Gasteiger partial charge in [0.05, 0.1) is 12.7 Å². The van der Waals surface area contributed by atoms with E-state index in [1.807, 2.05) is 24.3 Å². The monoisotopic (exact) mass is 288 g/mol. The van der Waals surface area contributed by atoms with Crippen molar-refractivity contribution in [3.05, 3.63) is 41.5 Å². The molecule has 1 aromatic rings. The van der Waals surface area contributed by atoms with Crippen LogP contribution in [0.4, 0.5) is 0 Å². The Morgan fingerprint density at radius 2 is 2.00 bits per heavy atom. The minimum atomic E-state index is -0.929. The number of rotatable bonds is 5. The van der Waals surface area contributed by atoms with Gasteiger partial charge in [-0.1, -0.05) is 32.0 Å². The van der Waals surface area contributed by atoms with Crippen LogP contribution in [-0.2, 0) is 16.1 Å². The normalized spacial score (nSPS) is 26.1. The Hall–Kier alpha value is -1.61. The fourth-order valence-corrected chi connectivity index (χ4v) is 3.18. The molecular weight excluding hydrogens is 264 g/mol. The van der Waals surface area contributed by atoms with Gasteiger partial charge in [-0.15, -0.1) is 0 Å². The van der Waals surface area contributed by atoms with E-state index in [2.05, 4.69) is 13.8 Å². The van der Waals surface area contributed by atoms with Gasteiger partial charge in [0.15, 0.2) is 0 Å². The van der Waals surface area contributed by atoms with E-state index in [0.29, 0.717) is 12.7 Å². The molecular formula is C18H24O3. The summed E-state index contributed by atoms with van der Waals surface area (Å²) in [5, 5.41) is 8.66. The molecule has 1 saturated carbocycles. The van der Waals surface area contributed by atoms with Gasteiger partial charge in [0.2, 0.25) is 0 Å². The number of ether oxygens (including phenoxy) is 1. The van der Waals surface area contributed by atoms with E-state index >= 15 is 0 Å². The Bertz CT molecular complexity index is 497. The van der Waals surface area contributed by atoms with Crippen LogP contribution in [0.1, 0.15) is 44.2 Å². The first-order valence-corrected chi connectivity index (χ1v) is 7.64. The van der Waals surface area contributed by atoms with Crippen LogP contribution in [0.25, 0.3) is 6.08 Å². The van der Waals surface area contributed by atoms with Crippen molar-refractivity contribution in [2.75, 3.05) is 0 Å². The van der Waals surface area contributed by atoms with Crippen LogP contribution < -0.4 is 0 Å². The Kier molecular flexibility index (Phi) is 5.57. The highest BCUT2D eigenvalue weighted by Gasteiger charge is 2.24. The van der Waals surface area contributed by atoms with E-state index in [1.54, 1.807) is 6.08 Å². The van der Waals surface area contributed by atoms with E-state index < -0.39 is 5.97 Å². The van der Waals surface area contributed by atoms with Gasteiger partial charge in [0.25, 0.3) is 0 Å². The summed E-state index contributed by atoms with van der Waals surface area (Å²) in [7, 11) is 0. The van der Waals surface area contributed by atoms with Crippen LogP contribution in [-0.4, -0.2) is 17.2 Å². The molecule has 1 fully saturated rings. The van der Waals surface area contributed by atoms with Crippen LogP contribution in [0.15, 0.2) is 30.3 Å². The molecule has 0 aromatic heterocycles. The predicted molar refractivity (Wildman–Crippen MR) is 83.9 cm³/mol. The zero-order chi connectivity index (χ0) is 15.2. The number of carbonyl (C=O) groups is 1. The smallest absolute Gasteiger partial charge is 0.328 e. The van der Waals surface area contributed by atoms with Crippen molar-refractivity contribution in [3.63, 3.8) is 0 Å². The van der Waals surface area contributed by atoms with Crippen molar-refractivity contribution in [2.45, 2.75) is 45.8 Å². The molecule has 0 heterocycles. The second-order valence-corrected chi connectivity index (χ2v) is 6.27. The van der Waals surface area contributed by atoms with Crippen molar-refractivity contribution in [1.82, 2.24) is 0 Å². The van der Waals surface area contributed by atoms with Gasteiger partial charge in [0.1, 0.15) is 0 Å². The van der Waals surface area contributed by atoms with Crippen LogP contribution in [0.3, 0.4) is 0 Å². The molecule has 0 aliphatic heterocycles. The molecule has 21 heavy (non-hydrogen) atoms. The average molecular weight is 288 g/mol. The Balaban J connectivity index is 1.91. The molecule has 0 radical (unpaired) electrons. The second-order valence-electron chi connectivity index (χ2n) is 6.27. The molecule has 0 amide bonds. The highest BCUT2D eigenvalue weighted by molar-refractivity contribution is 5.85. The molecule has 1 N–H and O–H groups in total.